The molecule has 0 atom stereocenters. The number of hydrogen-bond donors (Lipinski definition) is 0. The second-order valence-electron chi connectivity index (χ2n) is 9.09. The molecule has 0 saturated heterocycles. The summed E-state index contributed by atoms with van der Waals surface area (Å²) < 4.78 is 35.6. The molecule has 0 saturated carbocycles. The zero-order valence-corrected chi connectivity index (χ0v) is 22.2. The lowest BCUT2D eigenvalue weighted by atomic mass is 10.1. The van der Waals surface area contributed by atoms with Crippen LogP contribution in [0.15, 0.2) is 36.4 Å². The van der Waals surface area contributed by atoms with Gasteiger partial charge in [-0.05, 0) is 61.1 Å². The summed E-state index contributed by atoms with van der Waals surface area (Å²) in [6.45, 7) is 8.15. The van der Waals surface area contributed by atoms with Gasteiger partial charge in [0.2, 0.25) is 0 Å². The topological polar surface area (TPSA) is 55.4 Å². The Morgan fingerprint density at radius 3 is 1.25 bits per heavy atom. The van der Waals surface area contributed by atoms with Crippen molar-refractivity contribution in [1.29, 1.82) is 0 Å². The van der Waals surface area contributed by atoms with Gasteiger partial charge in [0.25, 0.3) is 0 Å². The molecule has 1 heterocycles. The van der Waals surface area contributed by atoms with Crippen LogP contribution in [-0.2, 0) is 22.3 Å². The van der Waals surface area contributed by atoms with Crippen LogP contribution >= 0.6 is 0 Å². The van der Waals surface area contributed by atoms with Crippen molar-refractivity contribution in [2.75, 3.05) is 52.9 Å². The fourth-order valence-corrected chi connectivity index (χ4v) is 4.08. The van der Waals surface area contributed by atoms with Crippen LogP contribution in [0.3, 0.4) is 0 Å². The monoisotopic (exact) mass is 500 g/mol. The van der Waals surface area contributed by atoms with Gasteiger partial charge < -0.3 is 28.4 Å². The van der Waals surface area contributed by atoms with Crippen LogP contribution in [0.2, 0.25) is 0 Å². The Morgan fingerprint density at radius 2 is 0.861 bits per heavy atom. The van der Waals surface area contributed by atoms with Crippen molar-refractivity contribution < 1.29 is 28.4 Å². The van der Waals surface area contributed by atoms with E-state index in [9.17, 15) is 0 Å². The van der Waals surface area contributed by atoms with Gasteiger partial charge in [-0.2, -0.15) is 0 Å². The average molecular weight is 501 g/mol. The molecule has 3 rings (SSSR count). The number of ether oxygens (including phenoxy) is 6. The molecular weight excluding hydrogens is 456 g/mol. The Bertz CT molecular complexity index is 797. The molecule has 0 bridgehead atoms. The third-order valence-electron chi connectivity index (χ3n) is 6.10. The van der Waals surface area contributed by atoms with Crippen LogP contribution in [0.25, 0.3) is 0 Å². The minimum absolute atomic E-state index is 0.448. The minimum atomic E-state index is 0.448. The first-order valence-corrected chi connectivity index (χ1v) is 13.7. The molecule has 0 unspecified atom stereocenters. The highest BCUT2D eigenvalue weighted by atomic mass is 16.6. The fraction of sp³-hybridized carbons (Fsp3) is 0.600. The van der Waals surface area contributed by atoms with Gasteiger partial charge in [0.1, 0.15) is 26.4 Å². The van der Waals surface area contributed by atoms with E-state index in [1.54, 1.807) is 0 Å². The van der Waals surface area contributed by atoms with Crippen molar-refractivity contribution in [3.8, 4) is 23.0 Å². The molecule has 2 aromatic carbocycles. The maximum atomic E-state index is 6.04. The summed E-state index contributed by atoms with van der Waals surface area (Å²) in [5.74, 6) is 3.00. The Balaban J connectivity index is 1.57. The van der Waals surface area contributed by atoms with Crippen molar-refractivity contribution in [2.45, 2.75) is 65.2 Å². The standard InChI is InChI=1S/C30H44O6/c1-3-5-7-9-25-11-13-27-29(23-25)35-21-17-31-16-20-34-28-14-12-26(10-8-6-4-2)24-30(28)36-22-18-32-15-19-33-27/h11-14,23-24H,3-10,15-22H2,1-2H3. The first-order valence-electron chi connectivity index (χ1n) is 13.7. The van der Waals surface area contributed by atoms with Crippen LogP contribution in [0.1, 0.15) is 63.5 Å². The average Bonchev–Trinajstić information content (AvgIpc) is 2.89. The van der Waals surface area contributed by atoms with E-state index >= 15 is 0 Å². The fourth-order valence-electron chi connectivity index (χ4n) is 4.08. The van der Waals surface area contributed by atoms with Gasteiger partial charge in [-0.1, -0.05) is 51.7 Å². The molecule has 200 valence electrons. The van der Waals surface area contributed by atoms with Crippen LogP contribution in [-0.4, -0.2) is 52.9 Å². The minimum Gasteiger partial charge on any atom is -0.487 e. The zero-order valence-electron chi connectivity index (χ0n) is 22.2. The lowest BCUT2D eigenvalue weighted by molar-refractivity contribution is 0.0640. The summed E-state index contributed by atoms with van der Waals surface area (Å²) in [7, 11) is 0. The largest absolute Gasteiger partial charge is 0.487 e. The van der Waals surface area contributed by atoms with E-state index in [4.69, 9.17) is 28.4 Å². The van der Waals surface area contributed by atoms with Crippen LogP contribution < -0.4 is 18.9 Å². The van der Waals surface area contributed by atoms with Gasteiger partial charge >= 0.3 is 0 Å². The highest BCUT2D eigenvalue weighted by Gasteiger charge is 2.10. The molecule has 0 amide bonds. The SMILES string of the molecule is CCCCCc1ccc2c(c1)OCCOCCOc1ccc(CCCCC)cc1OCCOCCO2. The van der Waals surface area contributed by atoms with E-state index in [1.807, 2.05) is 12.1 Å². The number of hydrogen-bond acceptors (Lipinski definition) is 6. The number of fused-ring (bicyclic) bond motifs is 2. The van der Waals surface area contributed by atoms with E-state index in [0.29, 0.717) is 52.9 Å². The summed E-state index contributed by atoms with van der Waals surface area (Å²) in [5.41, 5.74) is 2.53. The maximum absolute atomic E-state index is 6.04. The van der Waals surface area contributed by atoms with Gasteiger partial charge in [-0.3, -0.25) is 0 Å². The van der Waals surface area contributed by atoms with Gasteiger partial charge in [0, 0.05) is 0 Å². The number of aryl methyl sites for hydroxylation is 2. The number of unbranched alkanes of at least 4 members (excludes halogenated alkanes) is 4. The maximum Gasteiger partial charge on any atom is 0.161 e. The molecule has 6 heteroatoms. The Labute approximate surface area is 217 Å². The van der Waals surface area contributed by atoms with Gasteiger partial charge in [0.05, 0.1) is 26.4 Å². The van der Waals surface area contributed by atoms with Gasteiger partial charge in [-0.25, -0.2) is 0 Å². The van der Waals surface area contributed by atoms with E-state index in [0.717, 1.165) is 35.8 Å². The Hall–Kier alpha value is -2.44. The van der Waals surface area contributed by atoms with Crippen molar-refractivity contribution in [3.63, 3.8) is 0 Å². The molecule has 0 fully saturated rings. The van der Waals surface area contributed by atoms with Crippen LogP contribution in [0.4, 0.5) is 0 Å². The summed E-state index contributed by atoms with van der Waals surface area (Å²) in [4.78, 5) is 0. The Morgan fingerprint density at radius 1 is 0.472 bits per heavy atom. The smallest absolute Gasteiger partial charge is 0.161 e. The number of benzene rings is 2. The molecule has 1 aliphatic heterocycles. The van der Waals surface area contributed by atoms with Gasteiger partial charge in [-0.15, -0.1) is 0 Å². The van der Waals surface area contributed by atoms with Gasteiger partial charge in [0.15, 0.2) is 23.0 Å². The quantitative estimate of drug-likeness (QED) is 0.390. The van der Waals surface area contributed by atoms with Crippen LogP contribution in [0, 0.1) is 0 Å². The molecule has 6 nitrogen and oxygen atoms in total. The van der Waals surface area contributed by atoms with Crippen molar-refractivity contribution in [2.24, 2.45) is 0 Å². The molecule has 2 aromatic rings. The third kappa shape index (κ3) is 10.3. The van der Waals surface area contributed by atoms with E-state index in [2.05, 4.69) is 38.1 Å². The normalized spacial score (nSPS) is 15.6. The van der Waals surface area contributed by atoms with Crippen molar-refractivity contribution in [1.82, 2.24) is 0 Å². The predicted molar refractivity (Wildman–Crippen MR) is 143 cm³/mol. The third-order valence-corrected chi connectivity index (χ3v) is 6.10. The highest BCUT2D eigenvalue weighted by Crippen LogP contribution is 2.30. The lowest BCUT2D eigenvalue weighted by Crippen LogP contribution is -2.15. The molecule has 0 aromatic heterocycles. The second-order valence-corrected chi connectivity index (χ2v) is 9.09. The van der Waals surface area contributed by atoms with E-state index < -0.39 is 0 Å². The van der Waals surface area contributed by atoms with Crippen molar-refractivity contribution in [3.05, 3.63) is 47.5 Å². The summed E-state index contributed by atoms with van der Waals surface area (Å²) in [5, 5.41) is 0. The molecule has 0 N–H and O–H groups in total. The Kier molecular flexibility index (Phi) is 13.4. The molecule has 0 spiro atoms. The first-order chi connectivity index (χ1) is 17.8. The number of rotatable bonds is 8. The predicted octanol–water partition coefficient (Wildman–Crippen LogP) is 6.41. The summed E-state index contributed by atoms with van der Waals surface area (Å²) in [6.07, 6.45) is 9.33. The van der Waals surface area contributed by atoms with E-state index in [1.165, 1.54) is 49.7 Å². The molecule has 0 aliphatic carbocycles. The van der Waals surface area contributed by atoms with E-state index in [-0.39, 0.29) is 0 Å². The molecule has 0 radical (unpaired) electrons. The molecule has 36 heavy (non-hydrogen) atoms. The molecular formula is C30H44O6. The summed E-state index contributed by atoms with van der Waals surface area (Å²) in [6, 6.07) is 12.4. The van der Waals surface area contributed by atoms with Crippen LogP contribution in [0.5, 0.6) is 23.0 Å². The molecule has 1 aliphatic rings. The second kappa shape index (κ2) is 17.1. The zero-order chi connectivity index (χ0) is 25.3. The lowest BCUT2D eigenvalue weighted by Gasteiger charge is -2.17. The van der Waals surface area contributed by atoms with Crippen molar-refractivity contribution >= 4 is 0 Å². The first kappa shape index (κ1) is 28.1. The summed E-state index contributed by atoms with van der Waals surface area (Å²) >= 11 is 0. The highest BCUT2D eigenvalue weighted by molar-refractivity contribution is 5.44.